The first kappa shape index (κ1) is 15.5. The smallest absolute Gasteiger partial charge is 0.222 e. The van der Waals surface area contributed by atoms with E-state index in [1.165, 1.54) is 51.4 Å². The van der Waals surface area contributed by atoms with Crippen LogP contribution in [-0.4, -0.2) is 23.9 Å². The number of carbonyl (C=O) groups is 1. The number of hydrogen-bond donors (Lipinski definition) is 0. The lowest BCUT2D eigenvalue weighted by molar-refractivity contribution is -0.133. The summed E-state index contributed by atoms with van der Waals surface area (Å²) in [6, 6.07) is 0. The summed E-state index contributed by atoms with van der Waals surface area (Å²) in [4.78, 5) is 14.1. The van der Waals surface area contributed by atoms with Gasteiger partial charge in [-0.3, -0.25) is 4.79 Å². The van der Waals surface area contributed by atoms with Gasteiger partial charge >= 0.3 is 0 Å². The minimum atomic E-state index is 0.398. The minimum absolute atomic E-state index is 0.398. The molecule has 1 aliphatic heterocycles. The van der Waals surface area contributed by atoms with Crippen LogP contribution in [0, 0.1) is 5.92 Å². The summed E-state index contributed by atoms with van der Waals surface area (Å²) in [7, 11) is 0. The summed E-state index contributed by atoms with van der Waals surface area (Å²) in [5.74, 6) is 1.10. The highest BCUT2D eigenvalue weighted by molar-refractivity contribution is 5.76. The fourth-order valence-electron chi connectivity index (χ4n) is 2.81. The largest absolute Gasteiger partial charge is 0.342 e. The second kappa shape index (κ2) is 9.41. The summed E-state index contributed by atoms with van der Waals surface area (Å²) < 4.78 is 0. The van der Waals surface area contributed by atoms with E-state index in [1.54, 1.807) is 0 Å². The van der Waals surface area contributed by atoms with E-state index >= 15 is 0 Å². The Labute approximate surface area is 113 Å². The molecule has 1 rings (SSSR count). The molecule has 0 N–H and O–H groups in total. The van der Waals surface area contributed by atoms with Crippen molar-refractivity contribution < 1.29 is 4.79 Å². The van der Waals surface area contributed by atoms with Gasteiger partial charge in [-0.15, -0.1) is 0 Å². The van der Waals surface area contributed by atoms with Crippen molar-refractivity contribution in [1.29, 1.82) is 0 Å². The Hall–Kier alpha value is -0.530. The number of piperidine rings is 1. The van der Waals surface area contributed by atoms with Crippen molar-refractivity contribution in [2.75, 3.05) is 13.1 Å². The van der Waals surface area contributed by atoms with Crippen LogP contribution in [0.1, 0.15) is 78.1 Å². The number of rotatable bonds is 8. The van der Waals surface area contributed by atoms with Crippen LogP contribution in [0.3, 0.4) is 0 Å². The second-order valence-electron chi connectivity index (χ2n) is 5.96. The van der Waals surface area contributed by atoms with Gasteiger partial charge < -0.3 is 4.90 Å². The number of amides is 1. The van der Waals surface area contributed by atoms with Gasteiger partial charge in [0.15, 0.2) is 0 Å². The number of carbonyl (C=O) groups excluding carboxylic acids is 1. The van der Waals surface area contributed by atoms with E-state index in [0.717, 1.165) is 25.9 Å². The van der Waals surface area contributed by atoms with Crippen molar-refractivity contribution in [1.82, 2.24) is 4.90 Å². The maximum Gasteiger partial charge on any atom is 0.222 e. The molecule has 1 atom stereocenters. The molecule has 106 valence electrons. The minimum Gasteiger partial charge on any atom is -0.342 e. The van der Waals surface area contributed by atoms with Crippen molar-refractivity contribution in [2.24, 2.45) is 5.92 Å². The summed E-state index contributed by atoms with van der Waals surface area (Å²) >= 11 is 0. The Balaban J connectivity index is 1.99. The van der Waals surface area contributed by atoms with Crippen LogP contribution in [-0.2, 0) is 4.79 Å². The van der Waals surface area contributed by atoms with Gasteiger partial charge in [-0.25, -0.2) is 0 Å². The zero-order valence-corrected chi connectivity index (χ0v) is 12.4. The first-order valence-electron chi connectivity index (χ1n) is 8.01. The standard InChI is InChI=1S/C16H31NO/c1-3-4-5-6-7-8-9-12-16(18)17-13-10-11-15(2)14-17/h15H,3-14H2,1-2H3/t15-/m0/s1. The van der Waals surface area contributed by atoms with Gasteiger partial charge in [0.1, 0.15) is 0 Å². The van der Waals surface area contributed by atoms with Gasteiger partial charge in [0.2, 0.25) is 5.91 Å². The molecule has 1 saturated heterocycles. The molecule has 0 spiro atoms. The van der Waals surface area contributed by atoms with Crippen molar-refractivity contribution in [3.8, 4) is 0 Å². The predicted octanol–water partition coefficient (Wildman–Crippen LogP) is 4.39. The lowest BCUT2D eigenvalue weighted by Crippen LogP contribution is -2.38. The molecule has 18 heavy (non-hydrogen) atoms. The number of likely N-dealkylation sites (tertiary alicyclic amines) is 1. The Morgan fingerprint density at radius 2 is 1.78 bits per heavy atom. The van der Waals surface area contributed by atoms with Crippen LogP contribution in [0.4, 0.5) is 0 Å². The molecule has 0 aromatic heterocycles. The highest BCUT2D eigenvalue weighted by Gasteiger charge is 2.19. The molecule has 2 heteroatoms. The first-order chi connectivity index (χ1) is 8.74. The van der Waals surface area contributed by atoms with Crippen LogP contribution < -0.4 is 0 Å². The third-order valence-corrected chi connectivity index (χ3v) is 4.00. The highest BCUT2D eigenvalue weighted by atomic mass is 16.2. The van der Waals surface area contributed by atoms with Crippen LogP contribution in [0.2, 0.25) is 0 Å². The molecule has 2 nitrogen and oxygen atoms in total. The number of unbranched alkanes of at least 4 members (excludes halogenated alkanes) is 6. The zero-order valence-electron chi connectivity index (χ0n) is 12.4. The molecule has 0 aromatic carbocycles. The summed E-state index contributed by atoms with van der Waals surface area (Å²) in [5, 5.41) is 0. The topological polar surface area (TPSA) is 20.3 Å². The van der Waals surface area contributed by atoms with Gasteiger partial charge in [-0.2, -0.15) is 0 Å². The van der Waals surface area contributed by atoms with Gasteiger partial charge in [0.05, 0.1) is 0 Å². The molecular formula is C16H31NO. The lowest BCUT2D eigenvalue weighted by Gasteiger charge is -2.31. The Morgan fingerprint density at radius 3 is 2.44 bits per heavy atom. The molecule has 0 aromatic rings. The second-order valence-corrected chi connectivity index (χ2v) is 5.96. The van der Waals surface area contributed by atoms with E-state index in [0.29, 0.717) is 11.8 Å². The fourth-order valence-corrected chi connectivity index (χ4v) is 2.81. The third-order valence-electron chi connectivity index (χ3n) is 4.00. The molecular weight excluding hydrogens is 222 g/mol. The van der Waals surface area contributed by atoms with Gasteiger partial charge in [0, 0.05) is 19.5 Å². The van der Waals surface area contributed by atoms with Crippen LogP contribution in [0.15, 0.2) is 0 Å². The monoisotopic (exact) mass is 253 g/mol. The van der Waals surface area contributed by atoms with E-state index in [2.05, 4.69) is 18.7 Å². The fraction of sp³-hybridized carbons (Fsp3) is 0.938. The van der Waals surface area contributed by atoms with Crippen LogP contribution in [0.25, 0.3) is 0 Å². The maximum atomic E-state index is 12.0. The average Bonchev–Trinajstić information content (AvgIpc) is 2.37. The molecule has 1 aliphatic rings. The van der Waals surface area contributed by atoms with Gasteiger partial charge in [0.25, 0.3) is 0 Å². The van der Waals surface area contributed by atoms with Crippen LogP contribution >= 0.6 is 0 Å². The SMILES string of the molecule is CCCCCCCCCC(=O)N1CCC[C@H](C)C1. The number of hydrogen-bond acceptors (Lipinski definition) is 1. The van der Waals surface area contributed by atoms with Crippen molar-refractivity contribution in [2.45, 2.75) is 78.1 Å². The van der Waals surface area contributed by atoms with Gasteiger partial charge in [-0.1, -0.05) is 52.4 Å². The summed E-state index contributed by atoms with van der Waals surface area (Å²) in [6.45, 7) is 6.50. The molecule has 1 heterocycles. The van der Waals surface area contributed by atoms with Crippen molar-refractivity contribution in [3.63, 3.8) is 0 Å². The normalized spacial score (nSPS) is 20.1. The number of nitrogens with zero attached hydrogens (tertiary/aromatic N) is 1. The zero-order chi connectivity index (χ0) is 13.2. The molecule has 0 unspecified atom stereocenters. The Morgan fingerprint density at radius 1 is 1.11 bits per heavy atom. The summed E-state index contributed by atoms with van der Waals surface area (Å²) in [6.07, 6.45) is 12.3. The van der Waals surface area contributed by atoms with Gasteiger partial charge in [-0.05, 0) is 25.2 Å². The van der Waals surface area contributed by atoms with E-state index < -0.39 is 0 Å². The molecule has 0 saturated carbocycles. The molecule has 0 aliphatic carbocycles. The Kier molecular flexibility index (Phi) is 8.11. The lowest BCUT2D eigenvalue weighted by atomic mass is 9.99. The summed E-state index contributed by atoms with van der Waals surface area (Å²) in [5.41, 5.74) is 0. The maximum absolute atomic E-state index is 12.0. The first-order valence-corrected chi connectivity index (χ1v) is 8.01. The molecule has 0 radical (unpaired) electrons. The van der Waals surface area contributed by atoms with E-state index in [9.17, 15) is 4.79 Å². The predicted molar refractivity (Wildman–Crippen MR) is 77.6 cm³/mol. The average molecular weight is 253 g/mol. The molecule has 0 bridgehead atoms. The van der Waals surface area contributed by atoms with E-state index in [-0.39, 0.29) is 0 Å². The quantitative estimate of drug-likeness (QED) is 0.588. The van der Waals surface area contributed by atoms with E-state index in [4.69, 9.17) is 0 Å². The van der Waals surface area contributed by atoms with E-state index in [1.807, 2.05) is 0 Å². The van der Waals surface area contributed by atoms with Crippen molar-refractivity contribution in [3.05, 3.63) is 0 Å². The molecule has 1 amide bonds. The molecule has 1 fully saturated rings. The third kappa shape index (κ3) is 6.42. The highest BCUT2D eigenvalue weighted by Crippen LogP contribution is 2.17. The van der Waals surface area contributed by atoms with Crippen LogP contribution in [0.5, 0.6) is 0 Å². The Bertz CT molecular complexity index is 227. The van der Waals surface area contributed by atoms with Crippen molar-refractivity contribution >= 4 is 5.91 Å².